The summed E-state index contributed by atoms with van der Waals surface area (Å²) >= 11 is 1.51. The Balaban J connectivity index is 2.32. The average molecular weight is 496 g/mol. The monoisotopic (exact) mass is 495 g/mol. The van der Waals surface area contributed by atoms with Gasteiger partial charge in [0.1, 0.15) is 18.1 Å². The van der Waals surface area contributed by atoms with Gasteiger partial charge in [-0.25, -0.2) is 9.37 Å². The van der Waals surface area contributed by atoms with E-state index in [4.69, 9.17) is 4.74 Å². The van der Waals surface area contributed by atoms with Crippen molar-refractivity contribution < 1.29 is 28.9 Å². The maximum absolute atomic E-state index is 14.5. The summed E-state index contributed by atoms with van der Waals surface area (Å²) in [6, 6.07) is 0. The number of halogens is 1. The fourth-order valence-corrected chi connectivity index (χ4v) is 4.73. The Labute approximate surface area is 205 Å². The second-order valence-corrected chi connectivity index (χ2v) is 11.0. The number of esters is 1. The summed E-state index contributed by atoms with van der Waals surface area (Å²) < 4.78 is 20.2. The number of aryl methyl sites for hydroxylation is 1. The molecule has 0 radical (unpaired) electrons. The number of aliphatic hydroxyl groups is 2. The zero-order chi connectivity index (χ0) is 25.6. The van der Waals surface area contributed by atoms with Gasteiger partial charge in [0, 0.05) is 17.7 Å². The number of allylic oxidation sites excluding steroid dienone is 1. The van der Waals surface area contributed by atoms with Crippen LogP contribution < -0.4 is 0 Å². The van der Waals surface area contributed by atoms with Crippen molar-refractivity contribution in [2.45, 2.75) is 91.7 Å². The van der Waals surface area contributed by atoms with Gasteiger partial charge >= 0.3 is 5.97 Å². The van der Waals surface area contributed by atoms with Crippen molar-refractivity contribution in [2.24, 2.45) is 17.3 Å². The van der Waals surface area contributed by atoms with E-state index in [2.05, 4.69) is 4.98 Å². The molecule has 0 fully saturated rings. The highest BCUT2D eigenvalue weighted by molar-refractivity contribution is 7.09. The summed E-state index contributed by atoms with van der Waals surface area (Å²) in [4.78, 5) is 30.2. The van der Waals surface area contributed by atoms with Gasteiger partial charge in [-0.05, 0) is 44.3 Å². The molecule has 1 unspecified atom stereocenters. The number of hydrogen-bond donors (Lipinski definition) is 2. The lowest BCUT2D eigenvalue weighted by molar-refractivity contribution is -0.154. The van der Waals surface area contributed by atoms with Gasteiger partial charge in [0.2, 0.25) is 0 Å². The molecule has 0 spiro atoms. The van der Waals surface area contributed by atoms with Crippen LogP contribution in [0, 0.1) is 24.2 Å². The number of hydrogen-bond acceptors (Lipinski definition) is 7. The first-order chi connectivity index (χ1) is 15.8. The largest absolute Gasteiger partial charge is 0.457 e. The Bertz CT molecular complexity index is 909. The number of Topliss-reactive ketones (excluding diaryl/α,β-unsaturated/α-hetero) is 1. The first-order valence-corrected chi connectivity index (χ1v) is 12.7. The van der Waals surface area contributed by atoms with E-state index in [1.54, 1.807) is 33.8 Å². The molecule has 34 heavy (non-hydrogen) atoms. The topological polar surface area (TPSA) is 96.7 Å². The molecule has 0 saturated heterocycles. The molecule has 6 nitrogen and oxygen atoms in total. The van der Waals surface area contributed by atoms with Crippen molar-refractivity contribution in [3.8, 4) is 0 Å². The number of aliphatic hydroxyl groups excluding tert-OH is 2. The standard InChI is InChI=1S/C26H38FNO5S/c1-15-10-11-19(27)8-7-9-21(16(2)12-20-14-34-18(4)28-20)33-23(30)13-22(29)26(5,6)25(32)17(3)24(15)31/h7-8,12,14-15,17,19,21-22,24,29,31H,9-11,13H2,1-6H3/b8-7-,16-12+/t15-,17+,19?,21-,22-,24-/m0/s1. The summed E-state index contributed by atoms with van der Waals surface area (Å²) in [7, 11) is 0. The molecule has 2 heterocycles. The van der Waals surface area contributed by atoms with Crippen molar-refractivity contribution >= 4 is 29.2 Å². The SMILES string of the molecule is C/C(=C\c1csc(C)n1)[C@@H]1C/C=C\C(F)CC[C@H](C)[C@H](O)[C@@H](C)C(=O)C(C)(C)[C@@H](O)CC(=O)O1. The number of cyclic esters (lactones) is 1. The van der Waals surface area contributed by atoms with E-state index in [1.165, 1.54) is 17.4 Å². The highest BCUT2D eigenvalue weighted by Crippen LogP contribution is 2.32. The van der Waals surface area contributed by atoms with Crippen LogP contribution in [0.5, 0.6) is 0 Å². The Hall–Kier alpha value is -1.90. The number of carbonyl (C=O) groups is 2. The quantitative estimate of drug-likeness (QED) is 0.451. The third-order valence-electron chi connectivity index (χ3n) is 6.72. The first-order valence-electron chi connectivity index (χ1n) is 11.8. The molecule has 0 aliphatic carbocycles. The molecule has 1 aliphatic heterocycles. The molecule has 0 amide bonds. The van der Waals surface area contributed by atoms with Crippen molar-refractivity contribution in [2.75, 3.05) is 0 Å². The van der Waals surface area contributed by atoms with E-state index in [0.29, 0.717) is 6.42 Å². The fourth-order valence-electron chi connectivity index (χ4n) is 4.16. The average Bonchev–Trinajstić information content (AvgIpc) is 3.18. The molecule has 6 atom stereocenters. The normalized spacial score (nSPS) is 33.4. The minimum Gasteiger partial charge on any atom is -0.457 e. The van der Waals surface area contributed by atoms with Gasteiger partial charge in [-0.2, -0.15) is 0 Å². The van der Waals surface area contributed by atoms with E-state index in [-0.39, 0.29) is 31.0 Å². The van der Waals surface area contributed by atoms with Crippen LogP contribution in [0.15, 0.2) is 23.1 Å². The van der Waals surface area contributed by atoms with Crippen molar-refractivity contribution in [1.82, 2.24) is 4.98 Å². The predicted octanol–water partition coefficient (Wildman–Crippen LogP) is 4.82. The molecular formula is C26H38FNO5S. The Morgan fingerprint density at radius 1 is 1.26 bits per heavy atom. The van der Waals surface area contributed by atoms with Gasteiger partial charge in [0.25, 0.3) is 0 Å². The third-order valence-corrected chi connectivity index (χ3v) is 7.52. The van der Waals surface area contributed by atoms with Crippen LogP contribution in [0.3, 0.4) is 0 Å². The van der Waals surface area contributed by atoms with Crippen LogP contribution in [0.2, 0.25) is 0 Å². The Kier molecular flexibility index (Phi) is 10.2. The van der Waals surface area contributed by atoms with Crippen molar-refractivity contribution in [1.29, 1.82) is 0 Å². The molecule has 8 heteroatoms. The zero-order valence-electron chi connectivity index (χ0n) is 21.0. The number of thiazole rings is 1. The van der Waals surface area contributed by atoms with Gasteiger partial charge in [0.15, 0.2) is 0 Å². The van der Waals surface area contributed by atoms with Gasteiger partial charge in [-0.1, -0.05) is 39.8 Å². The lowest BCUT2D eigenvalue weighted by atomic mass is 9.73. The smallest absolute Gasteiger partial charge is 0.309 e. The highest BCUT2D eigenvalue weighted by Gasteiger charge is 2.42. The van der Waals surface area contributed by atoms with Crippen molar-refractivity contribution in [3.05, 3.63) is 33.8 Å². The van der Waals surface area contributed by atoms with E-state index >= 15 is 0 Å². The lowest BCUT2D eigenvalue weighted by Gasteiger charge is -2.34. The molecule has 2 rings (SSSR count). The second-order valence-electron chi connectivity index (χ2n) is 9.98. The van der Waals surface area contributed by atoms with Crippen LogP contribution in [0.1, 0.15) is 71.0 Å². The lowest BCUT2D eigenvalue weighted by Crippen LogP contribution is -2.45. The van der Waals surface area contributed by atoms with Crippen molar-refractivity contribution in [3.63, 3.8) is 0 Å². The minimum absolute atomic E-state index is 0.207. The number of ketones is 1. The highest BCUT2D eigenvalue weighted by atomic mass is 32.1. The predicted molar refractivity (Wildman–Crippen MR) is 132 cm³/mol. The Morgan fingerprint density at radius 3 is 2.56 bits per heavy atom. The maximum atomic E-state index is 14.5. The van der Waals surface area contributed by atoms with Crippen LogP contribution >= 0.6 is 11.3 Å². The van der Waals surface area contributed by atoms with Crippen LogP contribution in [-0.2, 0) is 14.3 Å². The maximum Gasteiger partial charge on any atom is 0.309 e. The summed E-state index contributed by atoms with van der Waals surface area (Å²) in [5.41, 5.74) is 0.232. The first kappa shape index (κ1) is 28.3. The summed E-state index contributed by atoms with van der Waals surface area (Å²) in [6.07, 6.45) is 1.33. The summed E-state index contributed by atoms with van der Waals surface area (Å²) in [5, 5.41) is 24.2. The molecule has 1 aromatic heterocycles. The molecule has 2 N–H and O–H groups in total. The van der Waals surface area contributed by atoms with E-state index < -0.39 is 41.8 Å². The molecule has 0 aromatic carbocycles. The van der Waals surface area contributed by atoms with Gasteiger partial charge in [0.05, 0.1) is 34.7 Å². The van der Waals surface area contributed by atoms with Crippen LogP contribution in [0.25, 0.3) is 6.08 Å². The van der Waals surface area contributed by atoms with E-state index in [0.717, 1.165) is 16.3 Å². The number of alkyl halides is 1. The molecule has 1 aromatic rings. The summed E-state index contributed by atoms with van der Waals surface area (Å²) in [6.45, 7) is 10.3. The molecule has 1 aliphatic rings. The number of rotatable bonds is 2. The molecule has 0 saturated carbocycles. The van der Waals surface area contributed by atoms with Crippen LogP contribution in [-0.4, -0.2) is 51.4 Å². The summed E-state index contributed by atoms with van der Waals surface area (Å²) in [5.74, 6) is -2.06. The Morgan fingerprint density at radius 2 is 1.94 bits per heavy atom. The number of carbonyl (C=O) groups excluding carboxylic acids is 2. The number of nitrogens with zero attached hydrogens (tertiary/aromatic N) is 1. The van der Waals surface area contributed by atoms with Crippen LogP contribution in [0.4, 0.5) is 4.39 Å². The van der Waals surface area contributed by atoms with Gasteiger partial charge in [-0.3, -0.25) is 9.59 Å². The van der Waals surface area contributed by atoms with Gasteiger partial charge < -0.3 is 14.9 Å². The van der Waals surface area contributed by atoms with E-state index in [1.807, 2.05) is 25.3 Å². The minimum atomic E-state index is -1.28. The number of aromatic nitrogens is 1. The fraction of sp³-hybridized carbons (Fsp3) is 0.654. The second kappa shape index (κ2) is 12.2. The van der Waals surface area contributed by atoms with Gasteiger partial charge in [-0.15, -0.1) is 11.3 Å². The zero-order valence-corrected chi connectivity index (χ0v) is 21.8. The van der Waals surface area contributed by atoms with E-state index in [9.17, 15) is 24.2 Å². The molecule has 190 valence electrons. The molecule has 0 bridgehead atoms. The third kappa shape index (κ3) is 7.55. The molecular weight excluding hydrogens is 457 g/mol. The number of ether oxygens (including phenoxy) is 1.